The minimum Gasteiger partial charge on any atom is -0.507 e. The first-order chi connectivity index (χ1) is 15.9. The van der Waals surface area contributed by atoms with Gasteiger partial charge in [-0.1, -0.05) is 6.07 Å². The molecule has 3 aliphatic rings. The zero-order valence-corrected chi connectivity index (χ0v) is 18.5. The predicted octanol–water partition coefficient (Wildman–Crippen LogP) is 1.32. The zero-order chi connectivity index (χ0) is 24.7. The molecule has 5 N–H and O–H groups in total. The Morgan fingerprint density at radius 1 is 0.971 bits per heavy atom. The Morgan fingerprint density at radius 3 is 2.35 bits per heavy atom. The molecule has 2 aliphatic carbocycles. The molecule has 1 saturated heterocycles. The molecule has 0 spiro atoms. The first kappa shape index (κ1) is 22.7. The number of rotatable bonds is 1. The molecule has 0 radical (unpaired) electrons. The van der Waals surface area contributed by atoms with E-state index in [9.17, 15) is 39.9 Å². The van der Waals surface area contributed by atoms with Gasteiger partial charge in [0.25, 0.3) is 0 Å². The highest BCUT2D eigenvalue weighted by atomic mass is 16.5. The van der Waals surface area contributed by atoms with Crippen LogP contribution in [0.15, 0.2) is 18.2 Å². The van der Waals surface area contributed by atoms with Crippen molar-refractivity contribution in [3.8, 4) is 11.5 Å². The molecule has 1 fully saturated rings. The standard InChI is InChI=1S/C25H24O9/c1-9-21(29)14(27)6-16(34-9)11-3-4-12-18(22(11)30)24(32)19-13(26)5-10-7-25(2,33)8-15(28)17(10)20(19)23(12)31/h3-5,9,14,16,21,26-27,29-30,33H,6-8H2,1-2H3/t9?,14?,16?,21?,25-/m1/s1. The van der Waals surface area contributed by atoms with Gasteiger partial charge in [0.1, 0.15) is 17.6 Å². The summed E-state index contributed by atoms with van der Waals surface area (Å²) < 4.78 is 5.71. The summed E-state index contributed by atoms with van der Waals surface area (Å²) in [5, 5.41) is 52.1. The average molecular weight is 468 g/mol. The molecule has 0 aromatic heterocycles. The Labute approximate surface area is 194 Å². The van der Waals surface area contributed by atoms with Crippen molar-refractivity contribution >= 4 is 17.3 Å². The van der Waals surface area contributed by atoms with Crippen molar-refractivity contribution in [2.24, 2.45) is 0 Å². The van der Waals surface area contributed by atoms with Gasteiger partial charge in [0.2, 0.25) is 5.78 Å². The zero-order valence-electron chi connectivity index (χ0n) is 18.5. The number of carbonyl (C=O) groups excluding carboxylic acids is 3. The number of fused-ring (bicyclic) bond motifs is 4. The highest BCUT2D eigenvalue weighted by molar-refractivity contribution is 6.33. The molecule has 4 unspecified atom stereocenters. The maximum atomic E-state index is 13.5. The van der Waals surface area contributed by atoms with Crippen LogP contribution in [0.3, 0.4) is 0 Å². The number of hydrogen-bond acceptors (Lipinski definition) is 9. The van der Waals surface area contributed by atoms with Gasteiger partial charge in [0.15, 0.2) is 11.6 Å². The lowest BCUT2D eigenvalue weighted by molar-refractivity contribution is -0.163. The molecule has 0 bridgehead atoms. The van der Waals surface area contributed by atoms with Crippen LogP contribution in [0.1, 0.15) is 86.1 Å². The van der Waals surface area contributed by atoms with Crippen molar-refractivity contribution in [2.75, 3.05) is 0 Å². The number of phenols is 2. The molecule has 178 valence electrons. The molecule has 0 saturated carbocycles. The third kappa shape index (κ3) is 3.19. The fourth-order valence-corrected chi connectivity index (χ4v) is 5.36. The Kier molecular flexibility index (Phi) is 4.96. The summed E-state index contributed by atoms with van der Waals surface area (Å²) in [5.41, 5.74) is -1.93. The third-order valence-electron chi connectivity index (χ3n) is 6.97. The lowest BCUT2D eigenvalue weighted by atomic mass is 9.72. The maximum absolute atomic E-state index is 13.5. The van der Waals surface area contributed by atoms with E-state index in [0.717, 1.165) is 0 Å². The highest BCUT2D eigenvalue weighted by Gasteiger charge is 2.44. The SMILES string of the molecule is CC1OC(c2ccc3c(c2O)C(=O)c2c(O)cc4c(c2C3=O)C(=O)C[C@](C)(O)C4)CC(O)C1O. The van der Waals surface area contributed by atoms with Gasteiger partial charge in [-0.05, 0) is 31.5 Å². The van der Waals surface area contributed by atoms with Gasteiger partial charge in [0.05, 0.1) is 35.0 Å². The van der Waals surface area contributed by atoms with Crippen LogP contribution in [0.4, 0.5) is 0 Å². The number of aromatic hydroxyl groups is 2. The summed E-state index contributed by atoms with van der Waals surface area (Å²) in [4.78, 5) is 39.8. The van der Waals surface area contributed by atoms with Gasteiger partial charge in [-0.15, -0.1) is 0 Å². The second-order valence-corrected chi connectivity index (χ2v) is 9.66. The van der Waals surface area contributed by atoms with Crippen molar-refractivity contribution in [3.63, 3.8) is 0 Å². The summed E-state index contributed by atoms with van der Waals surface area (Å²) in [6.07, 6.45) is -4.04. The van der Waals surface area contributed by atoms with Gasteiger partial charge >= 0.3 is 0 Å². The molecule has 2 aromatic rings. The number of ketones is 3. The van der Waals surface area contributed by atoms with Gasteiger partial charge in [-0.2, -0.15) is 0 Å². The first-order valence-corrected chi connectivity index (χ1v) is 11.0. The van der Waals surface area contributed by atoms with E-state index in [1.54, 1.807) is 6.92 Å². The fraction of sp³-hybridized carbons (Fsp3) is 0.400. The molecule has 5 rings (SSSR count). The Balaban J connectivity index is 1.65. The number of benzene rings is 2. The number of Topliss-reactive ketones (excluding diaryl/α,β-unsaturated/α-hetero) is 1. The summed E-state index contributed by atoms with van der Waals surface area (Å²) in [6, 6.07) is 3.97. The van der Waals surface area contributed by atoms with E-state index >= 15 is 0 Å². The summed E-state index contributed by atoms with van der Waals surface area (Å²) in [5.74, 6) is -3.06. The lowest BCUT2D eigenvalue weighted by Gasteiger charge is -2.36. The first-order valence-electron chi connectivity index (χ1n) is 11.0. The molecule has 9 heteroatoms. The van der Waals surface area contributed by atoms with Crippen LogP contribution < -0.4 is 0 Å². The second kappa shape index (κ2) is 7.44. The predicted molar refractivity (Wildman–Crippen MR) is 116 cm³/mol. The van der Waals surface area contributed by atoms with E-state index < -0.39 is 58.9 Å². The van der Waals surface area contributed by atoms with Gasteiger partial charge < -0.3 is 30.3 Å². The van der Waals surface area contributed by atoms with Crippen molar-refractivity contribution < 1.29 is 44.7 Å². The molecule has 34 heavy (non-hydrogen) atoms. The van der Waals surface area contributed by atoms with Crippen LogP contribution in [0, 0.1) is 0 Å². The molecular weight excluding hydrogens is 444 g/mol. The molecule has 9 nitrogen and oxygen atoms in total. The largest absolute Gasteiger partial charge is 0.507 e. The van der Waals surface area contributed by atoms with Crippen molar-refractivity contribution in [3.05, 3.63) is 57.1 Å². The lowest BCUT2D eigenvalue weighted by Crippen LogP contribution is -2.44. The molecule has 5 atom stereocenters. The van der Waals surface area contributed by atoms with E-state index in [4.69, 9.17) is 4.74 Å². The quantitative estimate of drug-likeness (QED) is 0.355. The summed E-state index contributed by atoms with van der Waals surface area (Å²) in [6.45, 7) is 3.05. The number of carbonyl (C=O) groups is 3. The molecule has 2 aromatic carbocycles. The van der Waals surface area contributed by atoms with Crippen LogP contribution >= 0.6 is 0 Å². The number of aliphatic hydroxyl groups excluding tert-OH is 2. The fourth-order valence-electron chi connectivity index (χ4n) is 5.36. The van der Waals surface area contributed by atoms with E-state index in [-0.39, 0.29) is 58.2 Å². The number of ether oxygens (including phenoxy) is 1. The highest BCUT2D eigenvalue weighted by Crippen LogP contribution is 2.45. The number of hydrogen-bond donors (Lipinski definition) is 5. The normalized spacial score (nSPS) is 30.6. The van der Waals surface area contributed by atoms with E-state index in [1.165, 1.54) is 25.1 Å². The maximum Gasteiger partial charge on any atom is 0.202 e. The Bertz CT molecular complexity index is 1260. The Hall–Kier alpha value is -3.11. The topological polar surface area (TPSA) is 162 Å². The summed E-state index contributed by atoms with van der Waals surface area (Å²) >= 11 is 0. The van der Waals surface area contributed by atoms with Crippen LogP contribution in [-0.4, -0.2) is 66.8 Å². The third-order valence-corrected chi connectivity index (χ3v) is 6.97. The second-order valence-electron chi connectivity index (χ2n) is 9.66. The van der Waals surface area contributed by atoms with E-state index in [0.29, 0.717) is 0 Å². The minimum absolute atomic E-state index is 0.00781. The van der Waals surface area contributed by atoms with Crippen LogP contribution in [0.2, 0.25) is 0 Å². The van der Waals surface area contributed by atoms with Crippen molar-refractivity contribution in [1.29, 1.82) is 0 Å². The van der Waals surface area contributed by atoms with Crippen LogP contribution in [-0.2, 0) is 11.2 Å². The van der Waals surface area contributed by atoms with E-state index in [2.05, 4.69) is 0 Å². The smallest absolute Gasteiger partial charge is 0.202 e. The Morgan fingerprint density at radius 2 is 1.68 bits per heavy atom. The van der Waals surface area contributed by atoms with Gasteiger partial charge in [-0.25, -0.2) is 0 Å². The van der Waals surface area contributed by atoms with E-state index in [1.807, 2.05) is 0 Å². The van der Waals surface area contributed by atoms with Gasteiger partial charge in [-0.3, -0.25) is 14.4 Å². The number of aliphatic hydroxyl groups is 3. The molecule has 1 heterocycles. The van der Waals surface area contributed by atoms with Crippen molar-refractivity contribution in [2.45, 2.75) is 63.1 Å². The monoisotopic (exact) mass is 468 g/mol. The summed E-state index contributed by atoms with van der Waals surface area (Å²) in [7, 11) is 0. The number of phenolic OH excluding ortho intramolecular Hbond substituents is 2. The average Bonchev–Trinajstić information content (AvgIpc) is 2.73. The molecule has 1 aliphatic heterocycles. The van der Waals surface area contributed by atoms with Gasteiger partial charge in [0, 0.05) is 41.5 Å². The van der Waals surface area contributed by atoms with Crippen molar-refractivity contribution in [1.82, 2.24) is 0 Å². The molecular formula is C25H24O9. The molecule has 0 amide bonds. The minimum atomic E-state index is -1.34. The van der Waals surface area contributed by atoms with Crippen LogP contribution in [0.5, 0.6) is 11.5 Å². The van der Waals surface area contributed by atoms with Crippen LogP contribution in [0.25, 0.3) is 0 Å².